The Kier molecular flexibility index (Phi) is 7.72. The van der Waals surface area contributed by atoms with Crippen molar-refractivity contribution in [3.05, 3.63) is 18.0 Å². The molecule has 118 valence electrons. The van der Waals surface area contributed by atoms with Crippen LogP contribution in [0.2, 0.25) is 0 Å². The Bertz CT molecular complexity index is 428. The van der Waals surface area contributed by atoms with Crippen LogP contribution < -0.4 is 10.2 Å². The molecule has 5 nitrogen and oxygen atoms in total. The molecule has 1 heterocycles. The first kappa shape index (κ1) is 17.4. The predicted molar refractivity (Wildman–Crippen MR) is 86.6 cm³/mol. The highest BCUT2D eigenvalue weighted by Crippen LogP contribution is 2.09. The van der Waals surface area contributed by atoms with Crippen LogP contribution in [-0.4, -0.2) is 35.5 Å². The summed E-state index contributed by atoms with van der Waals surface area (Å²) >= 11 is 0. The Balaban J connectivity index is 2.71. The van der Waals surface area contributed by atoms with E-state index in [9.17, 15) is 4.79 Å². The van der Waals surface area contributed by atoms with Crippen LogP contribution in [0.25, 0.3) is 0 Å². The topological polar surface area (TPSA) is 58.1 Å². The Hall–Kier alpha value is -1.65. The molecular formula is C16H28N4O. The van der Waals surface area contributed by atoms with Crippen molar-refractivity contribution >= 4 is 11.9 Å². The van der Waals surface area contributed by atoms with Crippen molar-refractivity contribution in [1.82, 2.24) is 15.3 Å². The van der Waals surface area contributed by atoms with Crippen molar-refractivity contribution < 1.29 is 4.79 Å². The molecule has 0 aliphatic carbocycles. The van der Waals surface area contributed by atoms with Gasteiger partial charge in [0.25, 0.3) is 5.91 Å². The molecule has 1 aromatic heterocycles. The van der Waals surface area contributed by atoms with Crippen LogP contribution in [0, 0.1) is 5.92 Å². The number of carbonyl (C=O) groups excluding carboxylic acids is 1. The van der Waals surface area contributed by atoms with Crippen molar-refractivity contribution in [2.45, 2.75) is 47.0 Å². The van der Waals surface area contributed by atoms with E-state index >= 15 is 0 Å². The zero-order valence-electron chi connectivity index (χ0n) is 13.7. The van der Waals surface area contributed by atoms with Gasteiger partial charge in [-0.1, -0.05) is 27.7 Å². The van der Waals surface area contributed by atoms with Gasteiger partial charge in [-0.15, -0.1) is 0 Å². The lowest BCUT2D eigenvalue weighted by atomic mass is 10.1. The highest BCUT2D eigenvalue weighted by molar-refractivity contribution is 5.92. The number of nitrogens with one attached hydrogen (secondary N) is 1. The van der Waals surface area contributed by atoms with E-state index < -0.39 is 0 Å². The third kappa shape index (κ3) is 6.10. The molecule has 0 fully saturated rings. The molecule has 0 spiro atoms. The second-order valence-corrected chi connectivity index (χ2v) is 5.67. The van der Waals surface area contributed by atoms with Gasteiger partial charge in [-0.25, -0.2) is 9.97 Å². The zero-order valence-corrected chi connectivity index (χ0v) is 13.7. The first-order valence-corrected chi connectivity index (χ1v) is 7.94. The fourth-order valence-electron chi connectivity index (χ4n) is 2.04. The van der Waals surface area contributed by atoms with E-state index in [0.29, 0.717) is 24.1 Å². The fourth-order valence-corrected chi connectivity index (χ4v) is 2.04. The number of carbonyl (C=O) groups is 1. The summed E-state index contributed by atoms with van der Waals surface area (Å²) in [5.74, 6) is 1.11. The number of rotatable bonds is 9. The van der Waals surface area contributed by atoms with Crippen molar-refractivity contribution in [3.8, 4) is 0 Å². The molecule has 5 heteroatoms. The summed E-state index contributed by atoms with van der Waals surface area (Å²) in [5.41, 5.74) is 0.445. The third-order valence-electron chi connectivity index (χ3n) is 3.15. The second-order valence-electron chi connectivity index (χ2n) is 5.67. The second kappa shape index (κ2) is 9.32. The van der Waals surface area contributed by atoms with Crippen LogP contribution >= 0.6 is 0 Å². The molecule has 0 unspecified atom stereocenters. The van der Waals surface area contributed by atoms with Crippen LogP contribution in [0.5, 0.6) is 0 Å². The van der Waals surface area contributed by atoms with Gasteiger partial charge in [0.15, 0.2) is 0 Å². The van der Waals surface area contributed by atoms with Gasteiger partial charge in [0, 0.05) is 25.8 Å². The van der Waals surface area contributed by atoms with Gasteiger partial charge >= 0.3 is 0 Å². The zero-order chi connectivity index (χ0) is 15.7. The highest BCUT2D eigenvalue weighted by atomic mass is 16.1. The standard InChI is InChI=1S/C16H28N4O/c1-5-11-20(12-6-2)16-18-10-8-14(19-16)15(21)17-9-7-13(3)4/h8,10,13H,5-7,9,11-12H2,1-4H3,(H,17,21). The maximum absolute atomic E-state index is 12.1. The summed E-state index contributed by atoms with van der Waals surface area (Å²) in [7, 11) is 0. The number of aromatic nitrogens is 2. The summed E-state index contributed by atoms with van der Waals surface area (Å²) in [6.45, 7) is 11.0. The minimum Gasteiger partial charge on any atom is -0.351 e. The molecule has 0 aliphatic rings. The molecular weight excluding hydrogens is 264 g/mol. The molecule has 1 amide bonds. The lowest BCUT2D eigenvalue weighted by molar-refractivity contribution is 0.0947. The average molecular weight is 292 g/mol. The average Bonchev–Trinajstić information content (AvgIpc) is 2.46. The maximum atomic E-state index is 12.1. The van der Waals surface area contributed by atoms with Crippen LogP contribution in [0.4, 0.5) is 5.95 Å². The van der Waals surface area contributed by atoms with E-state index in [0.717, 1.165) is 32.4 Å². The summed E-state index contributed by atoms with van der Waals surface area (Å²) in [6, 6.07) is 1.67. The summed E-state index contributed by atoms with van der Waals surface area (Å²) in [4.78, 5) is 22.9. The Labute approximate surface area is 128 Å². The Morgan fingerprint density at radius 1 is 1.29 bits per heavy atom. The molecule has 0 radical (unpaired) electrons. The van der Waals surface area contributed by atoms with Gasteiger partial charge < -0.3 is 10.2 Å². The van der Waals surface area contributed by atoms with Gasteiger partial charge in [-0.05, 0) is 31.2 Å². The van der Waals surface area contributed by atoms with Crippen molar-refractivity contribution in [2.75, 3.05) is 24.5 Å². The first-order valence-electron chi connectivity index (χ1n) is 7.94. The fraction of sp³-hybridized carbons (Fsp3) is 0.688. The number of hydrogen-bond acceptors (Lipinski definition) is 4. The van der Waals surface area contributed by atoms with Crippen molar-refractivity contribution in [3.63, 3.8) is 0 Å². The number of nitrogens with zero attached hydrogens (tertiary/aromatic N) is 3. The van der Waals surface area contributed by atoms with E-state index in [4.69, 9.17) is 0 Å². The normalized spacial score (nSPS) is 10.7. The monoisotopic (exact) mass is 292 g/mol. The molecule has 0 atom stereocenters. The van der Waals surface area contributed by atoms with Crippen LogP contribution in [0.1, 0.15) is 57.4 Å². The molecule has 0 aliphatic heterocycles. The molecule has 0 saturated heterocycles. The van der Waals surface area contributed by atoms with Gasteiger partial charge in [-0.3, -0.25) is 4.79 Å². The van der Waals surface area contributed by atoms with E-state index in [-0.39, 0.29) is 5.91 Å². The number of amides is 1. The molecule has 0 saturated carbocycles. The van der Waals surface area contributed by atoms with Crippen molar-refractivity contribution in [1.29, 1.82) is 0 Å². The Morgan fingerprint density at radius 2 is 1.95 bits per heavy atom. The van der Waals surface area contributed by atoms with Crippen LogP contribution in [-0.2, 0) is 0 Å². The number of hydrogen-bond donors (Lipinski definition) is 1. The van der Waals surface area contributed by atoms with E-state index in [1.165, 1.54) is 0 Å². The third-order valence-corrected chi connectivity index (χ3v) is 3.15. The van der Waals surface area contributed by atoms with Crippen molar-refractivity contribution in [2.24, 2.45) is 5.92 Å². The lowest BCUT2D eigenvalue weighted by Crippen LogP contribution is -2.29. The molecule has 1 N–H and O–H groups in total. The van der Waals surface area contributed by atoms with Gasteiger partial charge in [-0.2, -0.15) is 0 Å². The summed E-state index contributed by atoms with van der Waals surface area (Å²) < 4.78 is 0. The molecule has 21 heavy (non-hydrogen) atoms. The molecule has 1 aromatic rings. The smallest absolute Gasteiger partial charge is 0.270 e. The van der Waals surface area contributed by atoms with Gasteiger partial charge in [0.05, 0.1) is 0 Å². The van der Waals surface area contributed by atoms with E-state index in [2.05, 4.69) is 47.9 Å². The van der Waals surface area contributed by atoms with E-state index in [1.807, 2.05) is 0 Å². The van der Waals surface area contributed by atoms with E-state index in [1.54, 1.807) is 12.3 Å². The van der Waals surface area contributed by atoms with Crippen LogP contribution in [0.3, 0.4) is 0 Å². The number of anilines is 1. The highest BCUT2D eigenvalue weighted by Gasteiger charge is 2.12. The van der Waals surface area contributed by atoms with Gasteiger partial charge in [0.2, 0.25) is 5.95 Å². The lowest BCUT2D eigenvalue weighted by Gasteiger charge is -2.21. The maximum Gasteiger partial charge on any atom is 0.270 e. The summed E-state index contributed by atoms with van der Waals surface area (Å²) in [5, 5.41) is 2.91. The SMILES string of the molecule is CCCN(CCC)c1nccc(C(=O)NCCC(C)C)n1. The molecule has 0 bridgehead atoms. The quantitative estimate of drug-likeness (QED) is 0.760. The predicted octanol–water partition coefficient (Wildman–Crippen LogP) is 2.88. The largest absolute Gasteiger partial charge is 0.351 e. The molecule has 1 rings (SSSR count). The molecule has 0 aromatic carbocycles. The first-order chi connectivity index (χ1) is 10.1. The van der Waals surface area contributed by atoms with Gasteiger partial charge in [0.1, 0.15) is 5.69 Å². The summed E-state index contributed by atoms with van der Waals surface area (Å²) in [6.07, 6.45) is 4.71. The minimum absolute atomic E-state index is 0.118. The Morgan fingerprint density at radius 3 is 2.52 bits per heavy atom. The minimum atomic E-state index is -0.118. The van der Waals surface area contributed by atoms with Crippen LogP contribution in [0.15, 0.2) is 12.3 Å².